The first-order valence-corrected chi connectivity index (χ1v) is 4.96. The molecule has 82 valence electrons. The zero-order chi connectivity index (χ0) is 11.3. The molecule has 0 fully saturated rings. The van der Waals surface area contributed by atoms with Crippen LogP contribution in [0.15, 0.2) is 30.3 Å². The van der Waals surface area contributed by atoms with Gasteiger partial charge in [-0.1, -0.05) is 18.2 Å². The first-order valence-electron chi connectivity index (χ1n) is 4.96. The number of rotatable bonds is 4. The second-order valence-corrected chi connectivity index (χ2v) is 4.08. The average molecular weight is 207 g/mol. The van der Waals surface area contributed by atoms with E-state index in [-0.39, 0.29) is 11.5 Å². The molecule has 0 unspecified atom stereocenters. The second kappa shape index (κ2) is 4.94. The quantitative estimate of drug-likeness (QED) is 0.766. The van der Waals surface area contributed by atoms with E-state index in [0.29, 0.717) is 12.2 Å². The maximum atomic E-state index is 11.6. The Morgan fingerprint density at radius 2 is 1.93 bits per heavy atom. The Hall–Kier alpha value is -1.35. The average Bonchev–Trinajstić information content (AvgIpc) is 2.27. The van der Waals surface area contributed by atoms with Gasteiger partial charge in [-0.25, -0.2) is 4.79 Å². The summed E-state index contributed by atoms with van der Waals surface area (Å²) in [6.07, 6.45) is 0. The smallest absolute Gasteiger partial charge is 0.338 e. The zero-order valence-corrected chi connectivity index (χ0v) is 9.41. The minimum Gasteiger partial charge on any atom is -0.460 e. The van der Waals surface area contributed by atoms with E-state index in [1.807, 2.05) is 39.1 Å². The first-order chi connectivity index (χ1) is 7.05. The number of carbonyl (C=O) groups is 1. The van der Waals surface area contributed by atoms with Crippen molar-refractivity contribution in [3.8, 4) is 0 Å². The lowest BCUT2D eigenvalue weighted by atomic mass is 10.1. The van der Waals surface area contributed by atoms with Crippen LogP contribution in [0, 0.1) is 0 Å². The van der Waals surface area contributed by atoms with Gasteiger partial charge in [0.25, 0.3) is 0 Å². The molecule has 0 aliphatic carbocycles. The summed E-state index contributed by atoms with van der Waals surface area (Å²) in [4.78, 5) is 11.6. The van der Waals surface area contributed by atoms with Crippen LogP contribution in [0.1, 0.15) is 24.2 Å². The van der Waals surface area contributed by atoms with Crippen molar-refractivity contribution in [3.63, 3.8) is 0 Å². The molecular formula is C12H17NO2. The molecule has 1 N–H and O–H groups in total. The van der Waals surface area contributed by atoms with E-state index in [9.17, 15) is 4.79 Å². The van der Waals surface area contributed by atoms with Crippen LogP contribution in [0.2, 0.25) is 0 Å². The van der Waals surface area contributed by atoms with Crippen molar-refractivity contribution in [2.45, 2.75) is 19.4 Å². The van der Waals surface area contributed by atoms with E-state index >= 15 is 0 Å². The number of likely N-dealkylation sites (N-methyl/N-ethyl adjacent to an activating group) is 1. The summed E-state index contributed by atoms with van der Waals surface area (Å²) >= 11 is 0. The number of ether oxygens (including phenoxy) is 1. The molecule has 1 aromatic carbocycles. The van der Waals surface area contributed by atoms with E-state index in [4.69, 9.17) is 4.74 Å². The van der Waals surface area contributed by atoms with Crippen molar-refractivity contribution in [2.24, 2.45) is 0 Å². The highest BCUT2D eigenvalue weighted by molar-refractivity contribution is 5.89. The largest absolute Gasteiger partial charge is 0.460 e. The molecule has 0 aromatic heterocycles. The molecule has 3 heteroatoms. The van der Waals surface area contributed by atoms with Crippen LogP contribution in [0.3, 0.4) is 0 Å². The van der Waals surface area contributed by atoms with Gasteiger partial charge in [-0.05, 0) is 33.0 Å². The van der Waals surface area contributed by atoms with Gasteiger partial charge >= 0.3 is 5.97 Å². The maximum Gasteiger partial charge on any atom is 0.338 e. The third kappa shape index (κ3) is 3.72. The summed E-state index contributed by atoms with van der Waals surface area (Å²) in [6.45, 7) is 4.31. The van der Waals surface area contributed by atoms with Crippen molar-refractivity contribution in [1.82, 2.24) is 5.32 Å². The van der Waals surface area contributed by atoms with Crippen LogP contribution in [-0.4, -0.2) is 25.2 Å². The molecule has 0 saturated carbocycles. The fraction of sp³-hybridized carbons (Fsp3) is 0.417. The standard InChI is InChI=1S/C12H17NO2/c1-12(2,13-3)9-15-11(14)10-7-5-4-6-8-10/h4-8,13H,9H2,1-3H3. The lowest BCUT2D eigenvalue weighted by Crippen LogP contribution is -2.41. The van der Waals surface area contributed by atoms with E-state index in [1.54, 1.807) is 12.1 Å². The molecule has 0 amide bonds. The van der Waals surface area contributed by atoms with Crippen molar-refractivity contribution >= 4 is 5.97 Å². The summed E-state index contributed by atoms with van der Waals surface area (Å²) in [7, 11) is 1.84. The third-order valence-corrected chi connectivity index (χ3v) is 2.25. The fourth-order valence-electron chi connectivity index (χ4n) is 0.976. The molecule has 0 heterocycles. The summed E-state index contributed by atoms with van der Waals surface area (Å²) in [5.41, 5.74) is 0.397. The number of hydrogen-bond donors (Lipinski definition) is 1. The lowest BCUT2D eigenvalue weighted by Gasteiger charge is -2.23. The molecular weight excluding hydrogens is 190 g/mol. The predicted molar refractivity (Wildman–Crippen MR) is 59.9 cm³/mol. The Bertz CT molecular complexity index is 320. The van der Waals surface area contributed by atoms with Gasteiger partial charge in [0, 0.05) is 5.54 Å². The molecule has 0 aliphatic heterocycles. The minimum absolute atomic E-state index is 0.190. The molecule has 15 heavy (non-hydrogen) atoms. The molecule has 1 rings (SSSR count). The van der Waals surface area contributed by atoms with Crippen LogP contribution in [-0.2, 0) is 4.74 Å². The molecule has 0 bridgehead atoms. The SMILES string of the molecule is CNC(C)(C)COC(=O)c1ccccc1. The highest BCUT2D eigenvalue weighted by Crippen LogP contribution is 2.05. The Kier molecular flexibility index (Phi) is 3.86. The third-order valence-electron chi connectivity index (χ3n) is 2.25. The molecule has 0 atom stereocenters. The second-order valence-electron chi connectivity index (χ2n) is 4.08. The number of nitrogens with one attached hydrogen (secondary N) is 1. The highest BCUT2D eigenvalue weighted by atomic mass is 16.5. The molecule has 0 saturated heterocycles. The van der Waals surface area contributed by atoms with E-state index < -0.39 is 0 Å². The fourth-order valence-corrected chi connectivity index (χ4v) is 0.976. The first kappa shape index (κ1) is 11.7. The summed E-state index contributed by atoms with van der Waals surface area (Å²) in [5, 5.41) is 3.07. The van der Waals surface area contributed by atoms with Gasteiger partial charge in [0.2, 0.25) is 0 Å². The van der Waals surface area contributed by atoms with Crippen LogP contribution in [0.5, 0.6) is 0 Å². The van der Waals surface area contributed by atoms with Gasteiger partial charge < -0.3 is 10.1 Å². The van der Waals surface area contributed by atoms with Crippen molar-refractivity contribution in [2.75, 3.05) is 13.7 Å². The van der Waals surface area contributed by atoms with Crippen LogP contribution in [0.25, 0.3) is 0 Å². The van der Waals surface area contributed by atoms with Crippen molar-refractivity contribution in [1.29, 1.82) is 0 Å². The lowest BCUT2D eigenvalue weighted by molar-refractivity contribution is 0.0408. The van der Waals surface area contributed by atoms with Gasteiger partial charge in [0.15, 0.2) is 0 Å². The van der Waals surface area contributed by atoms with Gasteiger partial charge in [-0.2, -0.15) is 0 Å². The van der Waals surface area contributed by atoms with Gasteiger partial charge in [-0.3, -0.25) is 0 Å². The predicted octanol–water partition coefficient (Wildman–Crippen LogP) is 1.84. The number of esters is 1. The van der Waals surface area contributed by atoms with E-state index in [2.05, 4.69) is 5.32 Å². The summed E-state index contributed by atoms with van der Waals surface area (Å²) in [6, 6.07) is 9.00. The normalized spacial score (nSPS) is 11.1. The highest BCUT2D eigenvalue weighted by Gasteiger charge is 2.17. The van der Waals surface area contributed by atoms with Crippen molar-refractivity contribution < 1.29 is 9.53 Å². The van der Waals surface area contributed by atoms with E-state index in [0.717, 1.165) is 0 Å². The Morgan fingerprint density at radius 1 is 1.33 bits per heavy atom. The number of benzene rings is 1. The van der Waals surface area contributed by atoms with Crippen LogP contribution in [0.4, 0.5) is 0 Å². The monoisotopic (exact) mass is 207 g/mol. The minimum atomic E-state index is -0.279. The molecule has 0 spiro atoms. The van der Waals surface area contributed by atoms with Gasteiger partial charge in [0.1, 0.15) is 6.61 Å². The van der Waals surface area contributed by atoms with Crippen molar-refractivity contribution in [3.05, 3.63) is 35.9 Å². The van der Waals surface area contributed by atoms with Crippen LogP contribution < -0.4 is 5.32 Å². The van der Waals surface area contributed by atoms with Gasteiger partial charge in [0.05, 0.1) is 5.56 Å². The molecule has 0 radical (unpaired) electrons. The Morgan fingerprint density at radius 3 is 2.47 bits per heavy atom. The Balaban J connectivity index is 2.51. The van der Waals surface area contributed by atoms with Crippen LogP contribution >= 0.6 is 0 Å². The summed E-state index contributed by atoms with van der Waals surface area (Å²) in [5.74, 6) is -0.279. The Labute approximate surface area is 90.4 Å². The molecule has 1 aromatic rings. The topological polar surface area (TPSA) is 38.3 Å². The number of carbonyl (C=O) groups excluding carboxylic acids is 1. The molecule has 0 aliphatic rings. The number of hydrogen-bond acceptors (Lipinski definition) is 3. The molecule has 3 nitrogen and oxygen atoms in total. The van der Waals surface area contributed by atoms with E-state index in [1.165, 1.54) is 0 Å². The maximum absolute atomic E-state index is 11.6. The summed E-state index contributed by atoms with van der Waals surface area (Å²) < 4.78 is 5.18. The van der Waals surface area contributed by atoms with Gasteiger partial charge in [-0.15, -0.1) is 0 Å². The zero-order valence-electron chi connectivity index (χ0n) is 9.41.